The van der Waals surface area contributed by atoms with E-state index in [0.29, 0.717) is 5.95 Å². The van der Waals surface area contributed by atoms with Crippen molar-refractivity contribution in [3.8, 4) is 17.2 Å². The fraction of sp³-hybridized carbons (Fsp3) is 0. The van der Waals surface area contributed by atoms with Crippen molar-refractivity contribution in [1.82, 2.24) is 14.5 Å². The van der Waals surface area contributed by atoms with E-state index in [1.807, 2.05) is 11.3 Å². The van der Waals surface area contributed by atoms with Crippen molar-refractivity contribution in [1.29, 1.82) is 0 Å². The third kappa shape index (κ3) is 3.50. The van der Waals surface area contributed by atoms with E-state index >= 15 is 0 Å². The highest BCUT2D eigenvalue weighted by Crippen LogP contribution is 2.48. The number of hydrogen-bond acceptors (Lipinski definition) is 4. The summed E-state index contributed by atoms with van der Waals surface area (Å²) in [6.07, 6.45) is 0. The molecule has 0 aliphatic carbocycles. The molecule has 0 saturated carbocycles. The molecule has 7 aromatic carbocycles. The van der Waals surface area contributed by atoms with E-state index < -0.39 is 0 Å². The smallest absolute Gasteiger partial charge is 0.236 e. The van der Waals surface area contributed by atoms with Gasteiger partial charge in [-0.05, 0) is 35.0 Å². The Morgan fingerprint density at radius 1 is 0.468 bits per heavy atom. The first-order valence-corrected chi connectivity index (χ1v) is 17.4. The molecule has 11 rings (SSSR count). The normalized spacial score (nSPS) is 12.3. The van der Waals surface area contributed by atoms with Crippen molar-refractivity contribution in [2.75, 3.05) is 0 Å². The molecule has 0 atom stereocenters. The summed E-state index contributed by atoms with van der Waals surface area (Å²) in [6, 6.07) is 50.3. The van der Waals surface area contributed by atoms with Gasteiger partial charge in [-0.25, -0.2) is 9.97 Å². The molecule has 0 bridgehead atoms. The predicted octanol–water partition coefficient (Wildman–Crippen LogP) is 12.3. The van der Waals surface area contributed by atoms with Crippen LogP contribution in [0.5, 0.6) is 0 Å². The average molecular weight is 634 g/mol. The second kappa shape index (κ2) is 9.46. The minimum atomic E-state index is 0.697. The zero-order valence-corrected chi connectivity index (χ0v) is 26.6. The lowest BCUT2D eigenvalue weighted by Gasteiger charge is -2.12. The summed E-state index contributed by atoms with van der Waals surface area (Å²) in [6.45, 7) is 0. The highest BCUT2D eigenvalue weighted by molar-refractivity contribution is 7.27. The van der Waals surface area contributed by atoms with Crippen molar-refractivity contribution in [2.24, 2.45) is 0 Å². The second-order valence-electron chi connectivity index (χ2n) is 12.1. The Morgan fingerprint density at radius 3 is 1.94 bits per heavy atom. The number of para-hydroxylation sites is 1. The minimum absolute atomic E-state index is 0.697. The summed E-state index contributed by atoms with van der Waals surface area (Å²) in [5.41, 5.74) is 4.33. The van der Waals surface area contributed by atoms with Gasteiger partial charge in [-0.1, -0.05) is 115 Å². The van der Waals surface area contributed by atoms with Crippen LogP contribution in [0.1, 0.15) is 0 Å². The van der Waals surface area contributed by atoms with E-state index in [1.165, 1.54) is 62.6 Å². The molecular weight excluding hydrogens is 611 g/mol. The molecule has 0 aliphatic rings. The van der Waals surface area contributed by atoms with Crippen molar-refractivity contribution in [3.05, 3.63) is 140 Å². The van der Waals surface area contributed by atoms with Crippen molar-refractivity contribution < 1.29 is 0 Å². The lowest BCUT2D eigenvalue weighted by molar-refractivity contribution is 1.02. The number of rotatable bonds is 2. The Kier molecular flexibility index (Phi) is 5.14. The molecule has 0 amide bonds. The molecule has 4 aromatic heterocycles. The largest absolute Gasteiger partial charge is 0.277 e. The summed E-state index contributed by atoms with van der Waals surface area (Å²) >= 11 is 3.63. The third-order valence-corrected chi connectivity index (χ3v) is 11.9. The van der Waals surface area contributed by atoms with E-state index in [4.69, 9.17) is 9.97 Å². The summed E-state index contributed by atoms with van der Waals surface area (Å²) in [4.78, 5) is 12.0. The number of nitrogens with zero attached hydrogens (tertiary/aromatic N) is 3. The van der Waals surface area contributed by atoms with E-state index in [9.17, 15) is 0 Å². The van der Waals surface area contributed by atoms with Gasteiger partial charge in [-0.3, -0.25) is 4.57 Å². The molecule has 0 fully saturated rings. The zero-order valence-electron chi connectivity index (χ0n) is 24.9. The highest BCUT2D eigenvalue weighted by Gasteiger charge is 2.24. The maximum Gasteiger partial charge on any atom is 0.236 e. The SMILES string of the molecule is c1ccc2cc(-c3nc(-n4c5ccccc5c5c6c7ccccc7sc6c6ccccc6c54)nc4sc5ccccc5c34)ccc2c1. The summed E-state index contributed by atoms with van der Waals surface area (Å²) in [7, 11) is 0. The molecular formula is C42H23N3S2. The summed E-state index contributed by atoms with van der Waals surface area (Å²) in [5, 5.41) is 12.3. The Bertz CT molecular complexity index is 3090. The Morgan fingerprint density at radius 2 is 1.11 bits per heavy atom. The Hall–Kier alpha value is -5.62. The van der Waals surface area contributed by atoms with Gasteiger partial charge in [0.15, 0.2) is 0 Å². The zero-order chi connectivity index (χ0) is 30.6. The van der Waals surface area contributed by atoms with Crippen LogP contribution in [0.15, 0.2) is 140 Å². The van der Waals surface area contributed by atoms with Crippen LogP contribution in [0, 0.1) is 0 Å². The maximum absolute atomic E-state index is 5.54. The van der Waals surface area contributed by atoms with Crippen LogP contribution >= 0.6 is 22.7 Å². The predicted molar refractivity (Wildman–Crippen MR) is 203 cm³/mol. The van der Waals surface area contributed by atoms with E-state index in [-0.39, 0.29) is 0 Å². The van der Waals surface area contributed by atoms with Gasteiger partial charge in [-0.15, -0.1) is 22.7 Å². The number of hydrogen-bond donors (Lipinski definition) is 0. The van der Waals surface area contributed by atoms with Crippen molar-refractivity contribution >= 4 is 106 Å². The fourth-order valence-corrected chi connectivity index (χ4v) is 9.90. The van der Waals surface area contributed by atoms with Crippen LogP contribution in [-0.4, -0.2) is 14.5 Å². The molecule has 0 N–H and O–H groups in total. The van der Waals surface area contributed by atoms with Crippen LogP contribution < -0.4 is 0 Å². The van der Waals surface area contributed by atoms with Gasteiger partial charge in [0.1, 0.15) is 4.83 Å². The van der Waals surface area contributed by atoms with E-state index in [0.717, 1.165) is 32.5 Å². The Balaban J connectivity index is 1.35. The lowest BCUT2D eigenvalue weighted by atomic mass is 10.00. The van der Waals surface area contributed by atoms with Gasteiger partial charge in [0.2, 0.25) is 5.95 Å². The molecule has 218 valence electrons. The Labute approximate surface area is 276 Å². The van der Waals surface area contributed by atoms with Crippen LogP contribution in [0.4, 0.5) is 0 Å². The standard InChI is InChI=1S/C42H23N3S2/c1-2-12-25-23-26(22-21-24(25)11-1)38-37-31-17-7-10-20-34(31)47-41(37)44-42(43-38)45-32-18-8-5-15-29(32)35-36-30-16-6-9-19-33(30)46-40(36)28-14-4-3-13-27(28)39(35)45/h1-23H. The highest BCUT2D eigenvalue weighted by atomic mass is 32.1. The first-order valence-electron chi connectivity index (χ1n) is 15.8. The number of fused-ring (bicyclic) bond motifs is 14. The molecule has 0 spiro atoms. The summed E-state index contributed by atoms with van der Waals surface area (Å²) in [5.74, 6) is 0.697. The lowest BCUT2D eigenvalue weighted by Crippen LogP contribution is -2.03. The topological polar surface area (TPSA) is 30.7 Å². The first kappa shape index (κ1) is 25.6. The van der Waals surface area contributed by atoms with Gasteiger partial charge >= 0.3 is 0 Å². The van der Waals surface area contributed by atoms with Gasteiger partial charge < -0.3 is 0 Å². The molecule has 0 radical (unpaired) electrons. The number of aromatic nitrogens is 3. The second-order valence-corrected chi connectivity index (χ2v) is 14.2. The van der Waals surface area contributed by atoms with Crippen LogP contribution in [0.3, 0.4) is 0 Å². The fourth-order valence-electron chi connectivity index (χ4n) is 7.58. The molecule has 3 nitrogen and oxygen atoms in total. The molecule has 11 aromatic rings. The van der Waals surface area contributed by atoms with Crippen molar-refractivity contribution in [2.45, 2.75) is 0 Å². The minimum Gasteiger partial charge on any atom is -0.277 e. The molecule has 4 heterocycles. The monoisotopic (exact) mass is 633 g/mol. The van der Waals surface area contributed by atoms with Crippen LogP contribution in [0.25, 0.3) is 101 Å². The molecule has 0 aliphatic heterocycles. The quantitative estimate of drug-likeness (QED) is 0.190. The maximum atomic E-state index is 5.54. The first-order chi connectivity index (χ1) is 23.3. The molecule has 0 unspecified atom stereocenters. The van der Waals surface area contributed by atoms with Crippen LogP contribution in [-0.2, 0) is 0 Å². The molecule has 47 heavy (non-hydrogen) atoms. The summed E-state index contributed by atoms with van der Waals surface area (Å²) < 4.78 is 6.18. The van der Waals surface area contributed by atoms with Crippen molar-refractivity contribution in [3.63, 3.8) is 0 Å². The molecule has 0 saturated heterocycles. The number of thiophene rings is 2. The molecule has 5 heteroatoms. The van der Waals surface area contributed by atoms with E-state index in [2.05, 4.69) is 144 Å². The van der Waals surface area contributed by atoms with E-state index in [1.54, 1.807) is 11.3 Å². The van der Waals surface area contributed by atoms with Gasteiger partial charge in [0.25, 0.3) is 0 Å². The average Bonchev–Trinajstić information content (AvgIpc) is 3.81. The van der Waals surface area contributed by atoms with Gasteiger partial charge in [0.05, 0.1) is 16.7 Å². The number of benzene rings is 7. The van der Waals surface area contributed by atoms with Gasteiger partial charge in [0, 0.05) is 62.8 Å². The third-order valence-electron chi connectivity index (χ3n) is 9.60. The van der Waals surface area contributed by atoms with Gasteiger partial charge in [-0.2, -0.15) is 0 Å². The van der Waals surface area contributed by atoms with Crippen LogP contribution in [0.2, 0.25) is 0 Å².